The molecule has 0 aliphatic rings. The van der Waals surface area contributed by atoms with Gasteiger partial charge in [-0.1, -0.05) is 0 Å². The van der Waals surface area contributed by atoms with Gasteiger partial charge in [0.15, 0.2) is 0 Å². The largest absolute Gasteiger partial charge is 0.467 e. The lowest BCUT2D eigenvalue weighted by atomic mass is 10.2. The summed E-state index contributed by atoms with van der Waals surface area (Å²) in [6.07, 6.45) is 1.43. The van der Waals surface area contributed by atoms with E-state index in [9.17, 15) is 4.79 Å². The second kappa shape index (κ2) is 7.32. The number of rotatable bonds is 5. The summed E-state index contributed by atoms with van der Waals surface area (Å²) in [7, 11) is 3.35. The van der Waals surface area contributed by atoms with Crippen LogP contribution in [-0.2, 0) is 11.3 Å². The van der Waals surface area contributed by atoms with Crippen LogP contribution in [0.15, 0.2) is 16.7 Å². The molecule has 1 heterocycles. The van der Waals surface area contributed by atoms with Crippen LogP contribution in [0.1, 0.15) is 23.0 Å². The minimum atomic E-state index is -0.0898. The average molecular weight is 263 g/mol. The van der Waals surface area contributed by atoms with Gasteiger partial charge in [0.2, 0.25) is 0 Å². The summed E-state index contributed by atoms with van der Waals surface area (Å²) in [5, 5.41) is 0. The molecule has 0 saturated carbocycles. The third kappa shape index (κ3) is 4.03. The number of ether oxygens (including phenoxy) is 1. The molecule has 0 aromatic carbocycles. The van der Waals surface area contributed by atoms with E-state index < -0.39 is 0 Å². The molecular formula is C11H19ClN2O3. The Balaban J connectivity index is 0.00000256. The Hall–Kier alpha value is -1.04. The molecule has 1 aromatic heterocycles. The summed E-state index contributed by atoms with van der Waals surface area (Å²) in [4.78, 5) is 13.6. The highest BCUT2D eigenvalue weighted by Crippen LogP contribution is 2.11. The third-order valence-electron chi connectivity index (χ3n) is 2.49. The van der Waals surface area contributed by atoms with Gasteiger partial charge in [-0.3, -0.25) is 4.79 Å². The van der Waals surface area contributed by atoms with Crippen LogP contribution in [0.5, 0.6) is 0 Å². The lowest BCUT2D eigenvalue weighted by molar-refractivity contribution is 0.0633. The average Bonchev–Trinajstić information content (AvgIpc) is 2.75. The monoisotopic (exact) mass is 262 g/mol. The van der Waals surface area contributed by atoms with Crippen LogP contribution < -0.4 is 5.73 Å². The Labute approximate surface area is 107 Å². The zero-order chi connectivity index (χ0) is 12.1. The van der Waals surface area contributed by atoms with Crippen LogP contribution in [0, 0.1) is 0 Å². The first-order valence-corrected chi connectivity index (χ1v) is 5.13. The molecule has 1 unspecified atom stereocenters. The quantitative estimate of drug-likeness (QED) is 0.868. The lowest BCUT2D eigenvalue weighted by Crippen LogP contribution is -2.37. The number of furan rings is 1. The van der Waals surface area contributed by atoms with E-state index in [0.29, 0.717) is 24.5 Å². The van der Waals surface area contributed by atoms with Gasteiger partial charge in [-0.15, -0.1) is 12.4 Å². The second-order valence-electron chi connectivity index (χ2n) is 3.73. The number of nitrogens with two attached hydrogens (primary N) is 1. The molecule has 0 aliphatic heterocycles. The summed E-state index contributed by atoms with van der Waals surface area (Å²) in [6.45, 7) is 2.72. The summed E-state index contributed by atoms with van der Waals surface area (Å²) in [6, 6.07) is 1.69. The zero-order valence-electron chi connectivity index (χ0n) is 10.3. The first-order valence-electron chi connectivity index (χ1n) is 5.13. The van der Waals surface area contributed by atoms with Crippen molar-refractivity contribution in [1.82, 2.24) is 4.90 Å². The van der Waals surface area contributed by atoms with Crippen LogP contribution in [0.4, 0.5) is 0 Å². The summed E-state index contributed by atoms with van der Waals surface area (Å²) in [5.74, 6) is 0.518. The highest BCUT2D eigenvalue weighted by Gasteiger charge is 2.19. The molecule has 0 fully saturated rings. The fourth-order valence-corrected chi connectivity index (χ4v) is 1.36. The summed E-state index contributed by atoms with van der Waals surface area (Å²) < 4.78 is 10.1. The Morgan fingerprint density at radius 1 is 1.65 bits per heavy atom. The summed E-state index contributed by atoms with van der Waals surface area (Å²) >= 11 is 0. The van der Waals surface area contributed by atoms with Crippen LogP contribution in [0.2, 0.25) is 0 Å². The molecule has 0 spiro atoms. The van der Waals surface area contributed by atoms with E-state index >= 15 is 0 Å². The van der Waals surface area contributed by atoms with Crippen molar-refractivity contribution in [1.29, 1.82) is 0 Å². The number of carbonyl (C=O) groups is 1. The van der Waals surface area contributed by atoms with E-state index in [0.717, 1.165) is 0 Å². The minimum Gasteiger partial charge on any atom is -0.467 e. The number of hydrogen-bond donors (Lipinski definition) is 1. The molecular weight excluding hydrogens is 244 g/mol. The van der Waals surface area contributed by atoms with Gasteiger partial charge >= 0.3 is 0 Å². The first kappa shape index (κ1) is 16.0. The van der Waals surface area contributed by atoms with Gasteiger partial charge in [-0.05, 0) is 13.0 Å². The number of carbonyl (C=O) groups excluding carboxylic acids is 1. The van der Waals surface area contributed by atoms with Crippen molar-refractivity contribution in [2.75, 3.05) is 20.8 Å². The molecule has 5 nitrogen and oxygen atoms in total. The SMILES string of the molecule is COCC(C)N(C)C(=O)c1coc(CN)c1.Cl. The highest BCUT2D eigenvalue weighted by atomic mass is 35.5. The standard InChI is InChI=1S/C11H18N2O3.ClH/c1-8(6-15-3)13(2)11(14)9-4-10(5-12)16-7-9;/h4,7-8H,5-6,12H2,1-3H3;1H. The number of halogens is 1. The first-order chi connectivity index (χ1) is 7.60. The molecule has 0 saturated heterocycles. The second-order valence-corrected chi connectivity index (χ2v) is 3.73. The molecule has 1 rings (SSSR count). The molecule has 0 radical (unpaired) electrons. The molecule has 1 amide bonds. The minimum absolute atomic E-state index is 0. The molecule has 1 atom stereocenters. The maximum Gasteiger partial charge on any atom is 0.257 e. The molecule has 2 N–H and O–H groups in total. The van der Waals surface area contributed by atoms with Gasteiger partial charge in [0.25, 0.3) is 5.91 Å². The fourth-order valence-electron chi connectivity index (χ4n) is 1.36. The van der Waals surface area contributed by atoms with Crippen molar-refractivity contribution in [3.63, 3.8) is 0 Å². The third-order valence-corrected chi connectivity index (χ3v) is 2.49. The van der Waals surface area contributed by atoms with Gasteiger partial charge in [0.1, 0.15) is 12.0 Å². The number of nitrogens with zero attached hydrogens (tertiary/aromatic N) is 1. The maximum atomic E-state index is 12.0. The van der Waals surface area contributed by atoms with E-state index in [1.807, 2.05) is 6.92 Å². The van der Waals surface area contributed by atoms with Crippen molar-refractivity contribution in [3.8, 4) is 0 Å². The highest BCUT2D eigenvalue weighted by molar-refractivity contribution is 5.94. The van der Waals surface area contributed by atoms with Crippen molar-refractivity contribution in [2.24, 2.45) is 5.73 Å². The van der Waals surface area contributed by atoms with E-state index in [4.69, 9.17) is 14.9 Å². The van der Waals surface area contributed by atoms with Crippen molar-refractivity contribution in [3.05, 3.63) is 23.7 Å². The van der Waals surface area contributed by atoms with Crippen LogP contribution >= 0.6 is 12.4 Å². The molecule has 17 heavy (non-hydrogen) atoms. The lowest BCUT2D eigenvalue weighted by Gasteiger charge is -2.23. The summed E-state index contributed by atoms with van der Waals surface area (Å²) in [5.41, 5.74) is 5.93. The van der Waals surface area contributed by atoms with E-state index in [-0.39, 0.29) is 24.4 Å². The molecule has 98 valence electrons. The van der Waals surface area contributed by atoms with Gasteiger partial charge < -0.3 is 19.8 Å². The Morgan fingerprint density at radius 2 is 2.29 bits per heavy atom. The number of likely N-dealkylation sites (N-methyl/N-ethyl adjacent to an activating group) is 1. The molecule has 1 aromatic rings. The van der Waals surface area contributed by atoms with Gasteiger partial charge in [-0.25, -0.2) is 0 Å². The molecule has 0 aliphatic carbocycles. The van der Waals surface area contributed by atoms with Gasteiger partial charge in [0, 0.05) is 14.2 Å². The molecule has 0 bridgehead atoms. The van der Waals surface area contributed by atoms with Crippen LogP contribution in [0.3, 0.4) is 0 Å². The van der Waals surface area contributed by atoms with E-state index in [2.05, 4.69) is 0 Å². The maximum absolute atomic E-state index is 12.0. The normalized spacial score (nSPS) is 11.8. The Kier molecular flexibility index (Phi) is 6.87. The van der Waals surface area contributed by atoms with Crippen LogP contribution in [-0.4, -0.2) is 37.6 Å². The Morgan fingerprint density at radius 3 is 2.76 bits per heavy atom. The number of amides is 1. The number of methoxy groups -OCH3 is 1. The smallest absolute Gasteiger partial charge is 0.257 e. The van der Waals surface area contributed by atoms with E-state index in [1.54, 1.807) is 25.1 Å². The van der Waals surface area contributed by atoms with Crippen molar-refractivity contribution >= 4 is 18.3 Å². The number of hydrogen-bond acceptors (Lipinski definition) is 4. The zero-order valence-corrected chi connectivity index (χ0v) is 11.1. The fraction of sp³-hybridized carbons (Fsp3) is 0.545. The van der Waals surface area contributed by atoms with Crippen molar-refractivity contribution in [2.45, 2.75) is 19.5 Å². The van der Waals surface area contributed by atoms with Crippen molar-refractivity contribution < 1.29 is 13.9 Å². The molecule has 6 heteroatoms. The Bertz CT molecular complexity index is 354. The topological polar surface area (TPSA) is 68.7 Å². The van der Waals surface area contributed by atoms with Gasteiger partial charge in [0.05, 0.1) is 24.8 Å². The predicted molar refractivity (Wildman–Crippen MR) is 67.3 cm³/mol. The van der Waals surface area contributed by atoms with Crippen LogP contribution in [0.25, 0.3) is 0 Å². The van der Waals surface area contributed by atoms with E-state index in [1.165, 1.54) is 6.26 Å². The van der Waals surface area contributed by atoms with Gasteiger partial charge in [-0.2, -0.15) is 0 Å². The predicted octanol–water partition coefficient (Wildman–Crippen LogP) is 1.27.